The van der Waals surface area contributed by atoms with Crippen molar-refractivity contribution in [1.29, 1.82) is 0 Å². The van der Waals surface area contributed by atoms with Gasteiger partial charge < -0.3 is 4.74 Å². The van der Waals surface area contributed by atoms with E-state index in [0.717, 1.165) is 22.4 Å². The van der Waals surface area contributed by atoms with Gasteiger partial charge in [-0.15, -0.1) is 0 Å². The molecule has 4 atom stereocenters. The third-order valence-electron chi connectivity index (χ3n) is 5.32. The van der Waals surface area contributed by atoms with Crippen molar-refractivity contribution in [3.63, 3.8) is 0 Å². The Morgan fingerprint density at radius 3 is 2.58 bits per heavy atom. The molecule has 1 saturated carbocycles. The van der Waals surface area contributed by atoms with E-state index in [1.54, 1.807) is 0 Å². The number of amides is 2. The second kappa shape index (κ2) is 4.89. The number of carbonyl (C=O) groups is 2. The molecule has 5 rings (SSSR count). The second-order valence-corrected chi connectivity index (χ2v) is 7.58. The highest BCUT2D eigenvalue weighted by molar-refractivity contribution is 7.22. The van der Waals surface area contributed by atoms with Gasteiger partial charge in [0, 0.05) is 0 Å². The minimum absolute atomic E-state index is 0.0778. The van der Waals surface area contributed by atoms with Crippen LogP contribution in [0, 0.1) is 23.7 Å². The molecule has 2 heterocycles. The number of carbonyl (C=O) groups excluding carboxylic acids is 2. The Bertz CT molecular complexity index is 873. The lowest BCUT2D eigenvalue weighted by Gasteiger charge is -2.14. The van der Waals surface area contributed by atoms with Crippen LogP contribution in [0.15, 0.2) is 30.4 Å². The highest BCUT2D eigenvalue weighted by Crippen LogP contribution is 2.53. The molecule has 24 heavy (non-hydrogen) atoms. The molecule has 6 heteroatoms. The Labute approximate surface area is 142 Å². The van der Waals surface area contributed by atoms with E-state index in [0.29, 0.717) is 11.7 Å². The maximum absolute atomic E-state index is 12.8. The molecule has 0 unspecified atom stereocenters. The minimum Gasteiger partial charge on any atom is -0.494 e. The quantitative estimate of drug-likeness (QED) is 0.637. The van der Waals surface area contributed by atoms with Gasteiger partial charge in [0.25, 0.3) is 0 Å². The van der Waals surface area contributed by atoms with Gasteiger partial charge in [-0.1, -0.05) is 23.5 Å². The summed E-state index contributed by atoms with van der Waals surface area (Å²) < 4.78 is 6.44. The number of ether oxygens (including phenoxy) is 1. The lowest BCUT2D eigenvalue weighted by molar-refractivity contribution is -0.123. The number of hydrogen-bond acceptors (Lipinski definition) is 5. The van der Waals surface area contributed by atoms with E-state index in [9.17, 15) is 9.59 Å². The van der Waals surface area contributed by atoms with Crippen LogP contribution in [-0.4, -0.2) is 23.4 Å². The number of anilines is 1. The zero-order valence-corrected chi connectivity index (χ0v) is 14.0. The summed E-state index contributed by atoms with van der Waals surface area (Å²) in [5.41, 5.74) is 0.789. The first kappa shape index (κ1) is 14.2. The average Bonchev–Trinajstić information content (AvgIpc) is 3.30. The first-order valence-electron chi connectivity index (χ1n) is 8.27. The molecule has 0 spiro atoms. The molecule has 2 fully saturated rings. The van der Waals surface area contributed by atoms with E-state index >= 15 is 0 Å². The number of hydrogen-bond donors (Lipinski definition) is 0. The van der Waals surface area contributed by atoms with E-state index in [4.69, 9.17) is 4.74 Å². The lowest BCUT2D eigenvalue weighted by atomic mass is 9.85. The van der Waals surface area contributed by atoms with Gasteiger partial charge in [0.05, 0.1) is 28.7 Å². The van der Waals surface area contributed by atoms with Crippen LogP contribution in [0.1, 0.15) is 13.3 Å². The van der Waals surface area contributed by atoms with E-state index in [2.05, 4.69) is 17.1 Å². The predicted molar refractivity (Wildman–Crippen MR) is 91.0 cm³/mol. The van der Waals surface area contributed by atoms with Crippen molar-refractivity contribution in [2.45, 2.75) is 13.3 Å². The normalized spacial score (nSPS) is 30.6. The van der Waals surface area contributed by atoms with Gasteiger partial charge in [0.2, 0.25) is 11.8 Å². The highest BCUT2D eigenvalue weighted by Gasteiger charge is 2.60. The number of imide groups is 1. The first-order valence-corrected chi connectivity index (χ1v) is 9.08. The largest absolute Gasteiger partial charge is 0.494 e. The molecular formula is C18H16N2O3S. The molecule has 1 aliphatic heterocycles. The number of nitrogens with zero attached hydrogens (tertiary/aromatic N) is 2. The van der Waals surface area contributed by atoms with Crippen LogP contribution in [0.2, 0.25) is 0 Å². The van der Waals surface area contributed by atoms with Gasteiger partial charge in [0.1, 0.15) is 5.75 Å². The third-order valence-corrected chi connectivity index (χ3v) is 6.32. The fraction of sp³-hybridized carbons (Fsp3) is 0.389. The highest BCUT2D eigenvalue weighted by atomic mass is 32.1. The van der Waals surface area contributed by atoms with Crippen LogP contribution < -0.4 is 9.64 Å². The van der Waals surface area contributed by atoms with Crippen molar-refractivity contribution in [1.82, 2.24) is 4.98 Å². The van der Waals surface area contributed by atoms with Crippen molar-refractivity contribution in [3.8, 4) is 5.75 Å². The van der Waals surface area contributed by atoms with Crippen molar-refractivity contribution in [2.24, 2.45) is 23.7 Å². The second-order valence-electron chi connectivity index (χ2n) is 6.57. The maximum Gasteiger partial charge on any atom is 0.240 e. The van der Waals surface area contributed by atoms with E-state index in [1.807, 2.05) is 25.1 Å². The van der Waals surface area contributed by atoms with E-state index in [-0.39, 0.29) is 35.5 Å². The van der Waals surface area contributed by atoms with Crippen molar-refractivity contribution < 1.29 is 14.3 Å². The van der Waals surface area contributed by atoms with Crippen LogP contribution in [-0.2, 0) is 9.59 Å². The summed E-state index contributed by atoms with van der Waals surface area (Å²) in [5, 5.41) is 0.488. The Morgan fingerprint density at radius 2 is 1.92 bits per heavy atom. The summed E-state index contributed by atoms with van der Waals surface area (Å²) in [5.74, 6) is 0.702. The molecule has 2 aromatic rings. The smallest absolute Gasteiger partial charge is 0.240 e. The van der Waals surface area contributed by atoms with Gasteiger partial charge in [0.15, 0.2) is 5.13 Å². The number of aromatic nitrogens is 1. The molecular weight excluding hydrogens is 324 g/mol. The lowest BCUT2D eigenvalue weighted by Crippen LogP contribution is -2.32. The molecule has 2 bridgehead atoms. The number of allylic oxidation sites excluding steroid dienone is 2. The van der Waals surface area contributed by atoms with Gasteiger partial charge in [-0.2, -0.15) is 0 Å². The molecule has 2 aliphatic carbocycles. The van der Waals surface area contributed by atoms with Gasteiger partial charge >= 0.3 is 0 Å². The zero-order valence-electron chi connectivity index (χ0n) is 13.1. The minimum atomic E-state index is -0.182. The average molecular weight is 340 g/mol. The summed E-state index contributed by atoms with van der Waals surface area (Å²) in [7, 11) is 0. The number of thiazole rings is 1. The number of benzene rings is 1. The summed E-state index contributed by atoms with van der Waals surface area (Å²) in [6, 6.07) is 5.65. The Balaban J connectivity index is 1.53. The van der Waals surface area contributed by atoms with Crippen LogP contribution in [0.3, 0.4) is 0 Å². The van der Waals surface area contributed by atoms with E-state index < -0.39 is 0 Å². The monoisotopic (exact) mass is 340 g/mol. The van der Waals surface area contributed by atoms with Crippen molar-refractivity contribution >= 4 is 38.5 Å². The van der Waals surface area contributed by atoms with Crippen LogP contribution >= 0.6 is 11.3 Å². The molecule has 0 N–H and O–H groups in total. The van der Waals surface area contributed by atoms with Crippen LogP contribution in [0.5, 0.6) is 5.75 Å². The van der Waals surface area contributed by atoms with Gasteiger partial charge in [-0.25, -0.2) is 9.88 Å². The third kappa shape index (κ3) is 1.77. The Kier molecular flexibility index (Phi) is 2.89. The summed E-state index contributed by atoms with van der Waals surface area (Å²) in [6.07, 6.45) is 5.15. The summed E-state index contributed by atoms with van der Waals surface area (Å²) >= 11 is 1.38. The zero-order chi connectivity index (χ0) is 16.4. The maximum atomic E-state index is 12.8. The Morgan fingerprint density at radius 1 is 1.21 bits per heavy atom. The van der Waals surface area contributed by atoms with Crippen molar-refractivity contribution in [2.75, 3.05) is 11.5 Å². The van der Waals surface area contributed by atoms with Crippen LogP contribution in [0.25, 0.3) is 10.2 Å². The fourth-order valence-corrected chi connectivity index (χ4v) is 5.34. The van der Waals surface area contributed by atoms with Gasteiger partial charge in [-0.3, -0.25) is 9.59 Å². The number of fused-ring (bicyclic) bond motifs is 6. The molecule has 0 radical (unpaired) electrons. The molecule has 1 aromatic carbocycles. The summed E-state index contributed by atoms with van der Waals surface area (Å²) in [6.45, 7) is 2.53. The molecule has 3 aliphatic rings. The molecule has 1 saturated heterocycles. The number of rotatable bonds is 3. The molecule has 122 valence electrons. The summed E-state index contributed by atoms with van der Waals surface area (Å²) in [4.78, 5) is 31.5. The van der Waals surface area contributed by atoms with Crippen molar-refractivity contribution in [3.05, 3.63) is 30.4 Å². The topological polar surface area (TPSA) is 59.5 Å². The van der Waals surface area contributed by atoms with Gasteiger partial charge in [-0.05, 0) is 43.4 Å². The van der Waals surface area contributed by atoms with Crippen LogP contribution in [0.4, 0.5) is 5.13 Å². The fourth-order valence-electron chi connectivity index (χ4n) is 4.34. The Hall–Kier alpha value is -2.21. The van der Waals surface area contributed by atoms with E-state index in [1.165, 1.54) is 16.2 Å². The SMILES string of the molecule is CCOc1ccc2nc(N3C(=O)[C@@H]4[C@H](C3=O)[C@@H]3C=C[C@H]4C3)sc2c1. The standard InChI is InChI=1S/C18H16N2O3S/c1-2-23-11-5-6-12-13(8-11)24-18(19-12)20-16(21)14-9-3-4-10(7-9)15(14)17(20)22/h3-6,8-10,14-15H,2,7H2,1H3/t9-,10+,14-,15+. The predicted octanol–water partition coefficient (Wildman–Crippen LogP) is 3.01. The molecule has 1 aromatic heterocycles. The first-order chi connectivity index (χ1) is 11.7. The molecule has 2 amide bonds. The molecule has 5 nitrogen and oxygen atoms in total.